The number of benzene rings is 1. The SMILES string of the molecule is Cc1ccc(C)c(S(=O)(=O)CCN2CCN(C(=O)C3CCCO3)CC2)c1. The van der Waals surface area contributed by atoms with Gasteiger partial charge in [0.15, 0.2) is 9.84 Å². The molecule has 1 aromatic carbocycles. The van der Waals surface area contributed by atoms with Gasteiger partial charge >= 0.3 is 0 Å². The van der Waals surface area contributed by atoms with Crippen molar-refractivity contribution in [1.82, 2.24) is 9.80 Å². The number of amides is 1. The van der Waals surface area contributed by atoms with Crippen LogP contribution < -0.4 is 0 Å². The van der Waals surface area contributed by atoms with Gasteiger partial charge in [-0.3, -0.25) is 9.69 Å². The molecule has 0 aliphatic carbocycles. The minimum atomic E-state index is -3.30. The van der Waals surface area contributed by atoms with Crippen molar-refractivity contribution in [2.45, 2.75) is 37.7 Å². The number of piperazine rings is 1. The van der Waals surface area contributed by atoms with Crippen molar-refractivity contribution in [1.29, 1.82) is 0 Å². The van der Waals surface area contributed by atoms with Crippen LogP contribution in [0.15, 0.2) is 23.1 Å². The summed E-state index contributed by atoms with van der Waals surface area (Å²) in [5.74, 6) is 0.196. The third-order valence-corrected chi connectivity index (χ3v) is 7.07. The standard InChI is InChI=1S/C19H28N2O4S/c1-15-5-6-16(2)18(14-15)26(23,24)13-11-20-7-9-21(10-8-20)19(22)17-4-3-12-25-17/h5-6,14,17H,3-4,7-13H2,1-2H3. The van der Waals surface area contributed by atoms with Crippen LogP contribution in [0.1, 0.15) is 24.0 Å². The van der Waals surface area contributed by atoms with Gasteiger partial charge in [-0.25, -0.2) is 8.42 Å². The summed E-state index contributed by atoms with van der Waals surface area (Å²) in [5, 5.41) is 0. The molecule has 1 amide bonds. The lowest BCUT2D eigenvalue weighted by atomic mass is 10.2. The number of carbonyl (C=O) groups is 1. The van der Waals surface area contributed by atoms with E-state index in [4.69, 9.17) is 4.74 Å². The molecule has 0 spiro atoms. The first-order chi connectivity index (χ1) is 12.4. The average molecular weight is 381 g/mol. The highest BCUT2D eigenvalue weighted by molar-refractivity contribution is 7.91. The van der Waals surface area contributed by atoms with Crippen molar-refractivity contribution in [2.75, 3.05) is 45.1 Å². The van der Waals surface area contributed by atoms with E-state index >= 15 is 0 Å². The number of aryl methyl sites for hydroxylation is 2. The fourth-order valence-electron chi connectivity index (χ4n) is 3.57. The molecular formula is C19H28N2O4S. The van der Waals surface area contributed by atoms with Crippen molar-refractivity contribution < 1.29 is 17.9 Å². The predicted molar refractivity (Wildman–Crippen MR) is 100.0 cm³/mol. The topological polar surface area (TPSA) is 66.9 Å². The fourth-order valence-corrected chi connectivity index (χ4v) is 5.21. The summed E-state index contributed by atoms with van der Waals surface area (Å²) in [6.07, 6.45) is 1.49. The number of nitrogens with zero attached hydrogens (tertiary/aromatic N) is 2. The number of hydrogen-bond acceptors (Lipinski definition) is 5. The highest BCUT2D eigenvalue weighted by Gasteiger charge is 2.30. The Hall–Kier alpha value is -1.44. The Kier molecular flexibility index (Phi) is 5.99. The predicted octanol–water partition coefficient (Wildman–Crippen LogP) is 1.40. The Labute approximate surface area is 156 Å². The summed E-state index contributed by atoms with van der Waals surface area (Å²) in [6, 6.07) is 5.54. The van der Waals surface area contributed by atoms with E-state index < -0.39 is 9.84 Å². The summed E-state index contributed by atoms with van der Waals surface area (Å²) in [4.78, 5) is 16.8. The molecule has 0 saturated carbocycles. The molecule has 144 valence electrons. The van der Waals surface area contributed by atoms with Gasteiger partial charge < -0.3 is 9.64 Å². The first-order valence-corrected chi connectivity index (χ1v) is 10.9. The van der Waals surface area contributed by atoms with Gasteiger partial charge in [-0.15, -0.1) is 0 Å². The zero-order chi connectivity index (χ0) is 18.7. The normalized spacial score (nSPS) is 21.9. The molecule has 26 heavy (non-hydrogen) atoms. The molecule has 2 fully saturated rings. The third kappa shape index (κ3) is 4.45. The van der Waals surface area contributed by atoms with Crippen LogP contribution in [0.5, 0.6) is 0 Å². The van der Waals surface area contributed by atoms with Crippen molar-refractivity contribution in [3.05, 3.63) is 29.3 Å². The van der Waals surface area contributed by atoms with E-state index in [1.807, 2.05) is 30.9 Å². The van der Waals surface area contributed by atoms with Crippen LogP contribution in [0, 0.1) is 13.8 Å². The molecule has 0 bridgehead atoms. The minimum absolute atomic E-state index is 0.0881. The quantitative estimate of drug-likeness (QED) is 0.773. The van der Waals surface area contributed by atoms with Crippen molar-refractivity contribution in [3.8, 4) is 0 Å². The molecular weight excluding hydrogens is 352 g/mol. The Morgan fingerprint density at radius 2 is 1.92 bits per heavy atom. The maximum atomic E-state index is 12.7. The molecule has 6 nitrogen and oxygen atoms in total. The van der Waals surface area contributed by atoms with E-state index in [1.54, 1.807) is 6.07 Å². The van der Waals surface area contributed by atoms with Gasteiger partial charge in [-0.1, -0.05) is 12.1 Å². The van der Waals surface area contributed by atoms with Gasteiger partial charge in [0.05, 0.1) is 10.6 Å². The fraction of sp³-hybridized carbons (Fsp3) is 0.632. The highest BCUT2D eigenvalue weighted by atomic mass is 32.2. The van der Waals surface area contributed by atoms with Gasteiger partial charge in [-0.05, 0) is 43.9 Å². The maximum absolute atomic E-state index is 12.7. The van der Waals surface area contributed by atoms with E-state index in [2.05, 4.69) is 4.90 Å². The first kappa shape index (κ1) is 19.3. The van der Waals surface area contributed by atoms with Crippen LogP contribution in [-0.2, 0) is 19.4 Å². The molecule has 1 atom stereocenters. The smallest absolute Gasteiger partial charge is 0.251 e. The number of rotatable bonds is 5. The monoisotopic (exact) mass is 380 g/mol. The largest absolute Gasteiger partial charge is 0.368 e. The van der Waals surface area contributed by atoms with Crippen molar-refractivity contribution in [2.24, 2.45) is 0 Å². The third-order valence-electron chi connectivity index (χ3n) is 5.24. The number of ether oxygens (including phenoxy) is 1. The van der Waals surface area contributed by atoms with E-state index in [0.717, 1.165) is 24.0 Å². The van der Waals surface area contributed by atoms with Crippen LogP contribution in [0.2, 0.25) is 0 Å². The van der Waals surface area contributed by atoms with E-state index in [1.165, 1.54) is 0 Å². The zero-order valence-electron chi connectivity index (χ0n) is 15.6. The highest BCUT2D eigenvalue weighted by Crippen LogP contribution is 2.19. The lowest BCUT2D eigenvalue weighted by molar-refractivity contribution is -0.142. The lowest BCUT2D eigenvalue weighted by Crippen LogP contribution is -2.52. The van der Waals surface area contributed by atoms with E-state index in [0.29, 0.717) is 44.2 Å². The summed E-state index contributed by atoms with van der Waals surface area (Å²) >= 11 is 0. The summed E-state index contributed by atoms with van der Waals surface area (Å²) in [5.41, 5.74) is 1.75. The van der Waals surface area contributed by atoms with Crippen LogP contribution in [0.4, 0.5) is 0 Å². The molecule has 7 heteroatoms. The molecule has 1 unspecified atom stereocenters. The zero-order valence-corrected chi connectivity index (χ0v) is 16.4. The van der Waals surface area contributed by atoms with Crippen molar-refractivity contribution in [3.63, 3.8) is 0 Å². The minimum Gasteiger partial charge on any atom is -0.368 e. The molecule has 2 heterocycles. The Bertz CT molecular complexity index is 749. The second-order valence-electron chi connectivity index (χ2n) is 7.26. The van der Waals surface area contributed by atoms with Crippen LogP contribution in [0.25, 0.3) is 0 Å². The Morgan fingerprint density at radius 1 is 1.19 bits per heavy atom. The Morgan fingerprint density at radius 3 is 2.58 bits per heavy atom. The van der Waals surface area contributed by atoms with Crippen LogP contribution >= 0.6 is 0 Å². The first-order valence-electron chi connectivity index (χ1n) is 9.29. The number of carbonyl (C=O) groups excluding carboxylic acids is 1. The summed E-state index contributed by atoms with van der Waals surface area (Å²) in [7, 11) is -3.30. The average Bonchev–Trinajstić information content (AvgIpc) is 3.16. The number of sulfone groups is 1. The van der Waals surface area contributed by atoms with E-state index in [9.17, 15) is 13.2 Å². The van der Waals surface area contributed by atoms with Crippen molar-refractivity contribution >= 4 is 15.7 Å². The molecule has 2 aliphatic heterocycles. The molecule has 1 aromatic rings. The van der Waals surface area contributed by atoms with Crippen LogP contribution in [0.3, 0.4) is 0 Å². The van der Waals surface area contributed by atoms with E-state index in [-0.39, 0.29) is 17.8 Å². The molecule has 2 saturated heterocycles. The van der Waals surface area contributed by atoms with Gasteiger partial charge in [0, 0.05) is 39.3 Å². The van der Waals surface area contributed by atoms with Gasteiger partial charge in [0.1, 0.15) is 6.10 Å². The molecule has 0 aromatic heterocycles. The molecule has 0 radical (unpaired) electrons. The molecule has 2 aliphatic rings. The second-order valence-corrected chi connectivity index (χ2v) is 9.33. The Balaban J connectivity index is 1.51. The second kappa shape index (κ2) is 8.06. The van der Waals surface area contributed by atoms with Gasteiger partial charge in [0.25, 0.3) is 5.91 Å². The number of hydrogen-bond donors (Lipinski definition) is 0. The summed E-state index contributed by atoms with van der Waals surface area (Å²) < 4.78 is 30.8. The molecule has 3 rings (SSSR count). The maximum Gasteiger partial charge on any atom is 0.251 e. The van der Waals surface area contributed by atoms with Crippen LogP contribution in [-0.4, -0.2) is 75.3 Å². The van der Waals surface area contributed by atoms with Gasteiger partial charge in [0.2, 0.25) is 0 Å². The lowest BCUT2D eigenvalue weighted by Gasteiger charge is -2.35. The van der Waals surface area contributed by atoms with Gasteiger partial charge in [-0.2, -0.15) is 0 Å². The summed E-state index contributed by atoms with van der Waals surface area (Å²) in [6.45, 7) is 7.61. The molecule has 0 N–H and O–H groups in total.